The summed E-state index contributed by atoms with van der Waals surface area (Å²) < 4.78 is 26.7. The Kier molecular flexibility index (Phi) is 15.3. The van der Waals surface area contributed by atoms with E-state index in [4.69, 9.17) is 11.1 Å². The minimum Gasteiger partial charge on any atom is -0.370 e. The van der Waals surface area contributed by atoms with Crippen LogP contribution in [0.1, 0.15) is 110 Å². The molecular formula is C30H50F2N4O. The molecule has 1 amide bonds. The topological polar surface area (TPSA) is 94.0 Å². The maximum atomic E-state index is 13.8. The number of rotatable bonds is 5. The van der Waals surface area contributed by atoms with Gasteiger partial charge in [-0.15, -0.1) is 0 Å². The van der Waals surface area contributed by atoms with E-state index < -0.39 is 17.8 Å². The average molecular weight is 521 g/mol. The van der Waals surface area contributed by atoms with Crippen molar-refractivity contribution in [2.75, 3.05) is 6.54 Å². The van der Waals surface area contributed by atoms with Gasteiger partial charge in [0.15, 0.2) is 5.96 Å². The molecule has 7 heteroatoms. The molecule has 0 spiro atoms. The first-order valence-electron chi connectivity index (χ1n) is 14.0. The molecule has 3 N–H and O–H groups in total. The fraction of sp³-hybridized carbons (Fsp3) is 0.700. The zero-order chi connectivity index (χ0) is 28.9. The molecule has 0 saturated heterocycles. The van der Waals surface area contributed by atoms with Gasteiger partial charge in [0.2, 0.25) is 11.8 Å². The molecule has 3 unspecified atom stereocenters. The zero-order valence-corrected chi connectivity index (χ0v) is 24.5. The van der Waals surface area contributed by atoms with Gasteiger partial charge in [0.25, 0.3) is 0 Å². The van der Waals surface area contributed by atoms with E-state index in [0.717, 1.165) is 30.4 Å². The number of nitrogens with zero attached hydrogens (tertiary/aromatic N) is 2. The van der Waals surface area contributed by atoms with Crippen molar-refractivity contribution in [2.45, 2.75) is 106 Å². The number of hydrogen-bond acceptors (Lipinski definition) is 3. The van der Waals surface area contributed by atoms with Crippen LogP contribution in [0.2, 0.25) is 0 Å². The number of nitrogens with two attached hydrogens (primary N) is 1. The van der Waals surface area contributed by atoms with Gasteiger partial charge in [0, 0.05) is 19.4 Å². The summed E-state index contributed by atoms with van der Waals surface area (Å²) in [5.41, 5.74) is 7.93. The number of nitriles is 1. The highest BCUT2D eigenvalue weighted by Gasteiger charge is 2.47. The van der Waals surface area contributed by atoms with Crippen molar-refractivity contribution < 1.29 is 13.6 Å². The summed E-state index contributed by atoms with van der Waals surface area (Å²) in [6, 6.07) is 7.48. The van der Waals surface area contributed by atoms with Crippen LogP contribution in [0.4, 0.5) is 8.78 Å². The number of amides is 1. The van der Waals surface area contributed by atoms with E-state index in [1.54, 1.807) is 12.1 Å². The SMILES string of the molecule is CC.CC.CC.Cc1ccc(C#N)cc1C(C(=O)N(CC1CC(F)(F)C1)C(=N)N)C1CC(C)CC(C)C1. The first-order valence-corrected chi connectivity index (χ1v) is 14.0. The van der Waals surface area contributed by atoms with Gasteiger partial charge in [0.1, 0.15) is 0 Å². The number of nitrogens with one attached hydrogen (secondary N) is 1. The number of alkyl halides is 2. The minimum atomic E-state index is -2.69. The van der Waals surface area contributed by atoms with E-state index in [9.17, 15) is 18.8 Å². The molecule has 0 bridgehead atoms. The summed E-state index contributed by atoms with van der Waals surface area (Å²) in [6.45, 7) is 18.3. The molecule has 2 aliphatic carbocycles. The molecule has 0 aliphatic heterocycles. The molecule has 2 fully saturated rings. The number of carbonyl (C=O) groups excluding carboxylic acids is 1. The Labute approximate surface area is 224 Å². The smallest absolute Gasteiger partial charge is 0.248 e. The average Bonchev–Trinajstić information content (AvgIpc) is 2.85. The van der Waals surface area contributed by atoms with Crippen LogP contribution in [-0.4, -0.2) is 29.2 Å². The van der Waals surface area contributed by atoms with Crippen LogP contribution in [0.25, 0.3) is 0 Å². The predicted octanol–water partition coefficient (Wildman–Crippen LogP) is 7.87. The van der Waals surface area contributed by atoms with E-state index in [0.29, 0.717) is 17.4 Å². The predicted molar refractivity (Wildman–Crippen MR) is 150 cm³/mol. The molecule has 0 aromatic heterocycles. The second-order valence-corrected chi connectivity index (χ2v) is 9.80. The quantitative estimate of drug-likeness (QED) is 0.305. The summed E-state index contributed by atoms with van der Waals surface area (Å²) in [4.78, 5) is 15.0. The molecule has 3 rings (SSSR count). The first kappa shape index (κ1) is 34.5. The molecule has 37 heavy (non-hydrogen) atoms. The van der Waals surface area contributed by atoms with Gasteiger partial charge in [0.05, 0.1) is 17.6 Å². The maximum absolute atomic E-state index is 13.8. The maximum Gasteiger partial charge on any atom is 0.248 e. The molecule has 0 radical (unpaired) electrons. The minimum absolute atomic E-state index is 0.0368. The Morgan fingerprint density at radius 2 is 1.62 bits per heavy atom. The summed E-state index contributed by atoms with van der Waals surface area (Å²) in [6.07, 6.45) is 2.26. The third-order valence-electron chi connectivity index (χ3n) is 6.87. The monoisotopic (exact) mass is 520 g/mol. The van der Waals surface area contributed by atoms with Crippen LogP contribution in [0.3, 0.4) is 0 Å². The van der Waals surface area contributed by atoms with Crippen molar-refractivity contribution in [1.82, 2.24) is 4.90 Å². The highest BCUT2D eigenvalue weighted by molar-refractivity contribution is 5.98. The van der Waals surface area contributed by atoms with E-state index in [2.05, 4.69) is 19.9 Å². The fourth-order valence-corrected chi connectivity index (χ4v) is 5.56. The van der Waals surface area contributed by atoms with Gasteiger partial charge in [-0.05, 0) is 73.1 Å². The third kappa shape index (κ3) is 9.72. The van der Waals surface area contributed by atoms with E-state index in [1.165, 1.54) is 4.90 Å². The molecule has 2 saturated carbocycles. The number of benzene rings is 1. The normalized spacial score (nSPS) is 22.6. The number of aryl methyl sites for hydroxylation is 1. The molecule has 5 nitrogen and oxygen atoms in total. The Balaban J connectivity index is 0.00000201. The first-order chi connectivity index (χ1) is 17.5. The van der Waals surface area contributed by atoms with Crippen molar-refractivity contribution in [3.05, 3.63) is 34.9 Å². The van der Waals surface area contributed by atoms with Crippen molar-refractivity contribution in [3.63, 3.8) is 0 Å². The van der Waals surface area contributed by atoms with Crippen LogP contribution in [0.5, 0.6) is 0 Å². The highest BCUT2D eigenvalue weighted by atomic mass is 19.3. The molecule has 210 valence electrons. The molecule has 3 atom stereocenters. The number of guanidine groups is 1. The van der Waals surface area contributed by atoms with Crippen molar-refractivity contribution in [2.24, 2.45) is 29.4 Å². The van der Waals surface area contributed by atoms with Crippen molar-refractivity contribution >= 4 is 11.9 Å². The molecule has 1 aromatic carbocycles. The van der Waals surface area contributed by atoms with Gasteiger partial charge in [-0.25, -0.2) is 8.78 Å². The number of carbonyl (C=O) groups is 1. The summed E-state index contributed by atoms with van der Waals surface area (Å²) >= 11 is 0. The van der Waals surface area contributed by atoms with Crippen LogP contribution < -0.4 is 5.73 Å². The van der Waals surface area contributed by atoms with Crippen molar-refractivity contribution in [3.8, 4) is 6.07 Å². The highest BCUT2D eigenvalue weighted by Crippen LogP contribution is 2.45. The van der Waals surface area contributed by atoms with Gasteiger partial charge >= 0.3 is 0 Å². The largest absolute Gasteiger partial charge is 0.370 e. The summed E-state index contributed by atoms with van der Waals surface area (Å²) in [5.74, 6) is -3.37. The summed E-state index contributed by atoms with van der Waals surface area (Å²) in [7, 11) is 0. The second kappa shape index (κ2) is 16.4. The fourth-order valence-electron chi connectivity index (χ4n) is 5.56. The second-order valence-electron chi connectivity index (χ2n) is 9.80. The van der Waals surface area contributed by atoms with Crippen LogP contribution in [0.15, 0.2) is 18.2 Å². The lowest BCUT2D eigenvalue weighted by Gasteiger charge is -2.41. The Hall–Kier alpha value is -2.49. The Morgan fingerprint density at radius 1 is 1.11 bits per heavy atom. The van der Waals surface area contributed by atoms with Crippen molar-refractivity contribution in [1.29, 1.82) is 10.7 Å². The van der Waals surface area contributed by atoms with Gasteiger partial charge < -0.3 is 5.73 Å². The molecule has 1 aromatic rings. The van der Waals surface area contributed by atoms with Gasteiger partial charge in [-0.2, -0.15) is 5.26 Å². The lowest BCUT2D eigenvalue weighted by atomic mass is 9.68. The van der Waals surface area contributed by atoms with E-state index in [-0.39, 0.29) is 37.1 Å². The molecule has 2 aliphatic rings. The molecular weight excluding hydrogens is 470 g/mol. The van der Waals surface area contributed by atoms with E-state index >= 15 is 0 Å². The van der Waals surface area contributed by atoms with E-state index in [1.807, 2.05) is 54.5 Å². The summed E-state index contributed by atoms with van der Waals surface area (Å²) in [5, 5.41) is 17.4. The van der Waals surface area contributed by atoms with Gasteiger partial charge in [-0.3, -0.25) is 15.1 Å². The third-order valence-corrected chi connectivity index (χ3v) is 6.87. The zero-order valence-electron chi connectivity index (χ0n) is 24.5. The van der Waals surface area contributed by atoms with Gasteiger partial charge in [-0.1, -0.05) is 61.5 Å². The molecule has 0 heterocycles. The Morgan fingerprint density at radius 3 is 2.05 bits per heavy atom. The van der Waals surface area contributed by atoms with Crippen LogP contribution in [-0.2, 0) is 4.79 Å². The van der Waals surface area contributed by atoms with Crippen LogP contribution >= 0.6 is 0 Å². The Bertz CT molecular complexity index is 878. The lowest BCUT2D eigenvalue weighted by Crippen LogP contribution is -2.51. The number of hydrogen-bond donors (Lipinski definition) is 2. The standard InChI is InChI=1S/C24H32F2N4O.3C2H6/c1-14-6-15(2)8-19(7-14)21(20-9-17(12-27)5-4-16(20)3)22(31)30(23(28)29)13-18-10-24(25,26)11-18;3*1-2/h4-5,9,14-15,18-19,21H,6-8,10-11,13H2,1-3H3,(H3,28,29);3*1-2H3. The lowest BCUT2D eigenvalue weighted by molar-refractivity contribution is -0.138. The van der Waals surface area contributed by atoms with Crippen LogP contribution in [0, 0.1) is 47.3 Å². The number of halogens is 2.